The van der Waals surface area contributed by atoms with Crippen LogP contribution in [0.25, 0.3) is 11.1 Å². The number of hydrogen-bond acceptors (Lipinski definition) is 3. The molecule has 0 saturated carbocycles. The van der Waals surface area contributed by atoms with E-state index < -0.39 is 0 Å². The lowest BCUT2D eigenvalue weighted by atomic mass is 10.1. The highest BCUT2D eigenvalue weighted by Crippen LogP contribution is 2.21. The molecule has 0 radical (unpaired) electrons. The fourth-order valence-corrected chi connectivity index (χ4v) is 2.20. The number of hydrogen-bond donors (Lipinski definition) is 1. The molecular formula is C15H22N2O. The number of rotatable bonds is 6. The Hall–Kier alpha value is -1.51. The molecule has 1 heterocycles. The number of nitrogens with one attached hydrogen (secondary N) is 1. The Balaban J connectivity index is 2.10. The molecule has 0 aliphatic rings. The Morgan fingerprint density at radius 1 is 1.33 bits per heavy atom. The molecule has 0 aliphatic heterocycles. The van der Waals surface area contributed by atoms with Gasteiger partial charge >= 0.3 is 0 Å². The average molecular weight is 246 g/mol. The van der Waals surface area contributed by atoms with E-state index in [9.17, 15) is 0 Å². The molecule has 1 atom stereocenters. The maximum absolute atomic E-state index is 5.48. The molecule has 0 amide bonds. The third-order valence-electron chi connectivity index (χ3n) is 3.26. The Bertz CT molecular complexity index is 504. The smallest absolute Gasteiger partial charge is 0.192 e. The third-order valence-corrected chi connectivity index (χ3v) is 3.26. The second-order valence-corrected chi connectivity index (χ2v) is 4.81. The first-order valence-electron chi connectivity index (χ1n) is 6.86. The number of aromatic nitrogens is 1. The minimum Gasteiger partial charge on any atom is -0.441 e. The van der Waals surface area contributed by atoms with E-state index in [2.05, 4.69) is 36.3 Å². The van der Waals surface area contributed by atoms with Gasteiger partial charge in [-0.05, 0) is 31.0 Å². The molecule has 3 nitrogen and oxygen atoms in total. The van der Waals surface area contributed by atoms with E-state index in [1.807, 2.05) is 13.0 Å². The summed E-state index contributed by atoms with van der Waals surface area (Å²) < 4.78 is 5.48. The number of fused-ring (bicyclic) bond motifs is 1. The van der Waals surface area contributed by atoms with E-state index in [0.717, 1.165) is 29.1 Å². The van der Waals surface area contributed by atoms with Crippen molar-refractivity contribution in [1.29, 1.82) is 0 Å². The van der Waals surface area contributed by atoms with Crippen molar-refractivity contribution in [3.8, 4) is 0 Å². The number of benzene rings is 1. The summed E-state index contributed by atoms with van der Waals surface area (Å²) in [6, 6.07) is 6.68. The topological polar surface area (TPSA) is 38.1 Å². The molecule has 0 fully saturated rings. The van der Waals surface area contributed by atoms with E-state index in [1.165, 1.54) is 19.3 Å². The van der Waals surface area contributed by atoms with Crippen LogP contribution in [0.3, 0.4) is 0 Å². The maximum atomic E-state index is 5.48. The summed E-state index contributed by atoms with van der Waals surface area (Å²) in [5.74, 6) is 0.722. The summed E-state index contributed by atoms with van der Waals surface area (Å²) in [5, 5.41) is 3.58. The standard InChI is InChI=1S/C15H22N2O/c1-4-6-7-12(5-2)17-13-8-9-15-14(10-13)16-11(3)18-15/h8-10,12,17H,4-7H2,1-3H3. The average Bonchev–Trinajstić information content (AvgIpc) is 2.73. The Morgan fingerprint density at radius 3 is 2.89 bits per heavy atom. The zero-order valence-corrected chi connectivity index (χ0v) is 11.5. The van der Waals surface area contributed by atoms with Crippen molar-refractivity contribution in [2.45, 2.75) is 52.5 Å². The first-order chi connectivity index (χ1) is 8.72. The first kappa shape index (κ1) is 12.9. The van der Waals surface area contributed by atoms with Crippen molar-refractivity contribution in [2.75, 3.05) is 5.32 Å². The highest BCUT2D eigenvalue weighted by Gasteiger charge is 2.07. The zero-order chi connectivity index (χ0) is 13.0. The normalized spacial score (nSPS) is 12.8. The van der Waals surface area contributed by atoms with E-state index in [-0.39, 0.29) is 0 Å². The fraction of sp³-hybridized carbons (Fsp3) is 0.533. The predicted molar refractivity (Wildman–Crippen MR) is 76.0 cm³/mol. The molecule has 98 valence electrons. The van der Waals surface area contributed by atoms with Gasteiger partial charge in [0.05, 0.1) is 0 Å². The monoisotopic (exact) mass is 246 g/mol. The van der Waals surface area contributed by atoms with Crippen LogP contribution < -0.4 is 5.32 Å². The van der Waals surface area contributed by atoms with Gasteiger partial charge in [0.1, 0.15) is 5.52 Å². The maximum Gasteiger partial charge on any atom is 0.192 e. The van der Waals surface area contributed by atoms with Crippen LogP contribution in [0, 0.1) is 6.92 Å². The Kier molecular flexibility index (Phi) is 4.24. The molecule has 1 aromatic heterocycles. The van der Waals surface area contributed by atoms with Gasteiger partial charge in [-0.15, -0.1) is 0 Å². The van der Waals surface area contributed by atoms with Crippen LogP contribution in [0.15, 0.2) is 22.6 Å². The van der Waals surface area contributed by atoms with Crippen LogP contribution in [0.1, 0.15) is 45.4 Å². The molecular weight excluding hydrogens is 224 g/mol. The lowest BCUT2D eigenvalue weighted by molar-refractivity contribution is 0.561. The second-order valence-electron chi connectivity index (χ2n) is 4.81. The number of nitrogens with zero attached hydrogens (tertiary/aromatic N) is 1. The van der Waals surface area contributed by atoms with Gasteiger partial charge in [-0.25, -0.2) is 4.98 Å². The summed E-state index contributed by atoms with van der Waals surface area (Å²) in [4.78, 5) is 4.36. The first-order valence-corrected chi connectivity index (χ1v) is 6.86. The molecule has 1 unspecified atom stereocenters. The number of anilines is 1. The van der Waals surface area contributed by atoms with Gasteiger partial charge in [-0.2, -0.15) is 0 Å². The lowest BCUT2D eigenvalue weighted by Crippen LogP contribution is -2.18. The molecule has 0 bridgehead atoms. The van der Waals surface area contributed by atoms with Crippen LogP contribution in [0.2, 0.25) is 0 Å². The Morgan fingerprint density at radius 2 is 2.17 bits per heavy atom. The fourth-order valence-electron chi connectivity index (χ4n) is 2.20. The summed E-state index contributed by atoms with van der Waals surface area (Å²) in [5.41, 5.74) is 2.93. The van der Waals surface area contributed by atoms with Crippen LogP contribution >= 0.6 is 0 Å². The number of oxazole rings is 1. The largest absolute Gasteiger partial charge is 0.441 e. The molecule has 0 spiro atoms. The second kappa shape index (κ2) is 5.89. The summed E-state index contributed by atoms with van der Waals surface area (Å²) in [7, 11) is 0. The van der Waals surface area contributed by atoms with Crippen LogP contribution in [0.5, 0.6) is 0 Å². The van der Waals surface area contributed by atoms with Crippen molar-refractivity contribution in [1.82, 2.24) is 4.98 Å². The van der Waals surface area contributed by atoms with Gasteiger partial charge < -0.3 is 9.73 Å². The van der Waals surface area contributed by atoms with E-state index >= 15 is 0 Å². The highest BCUT2D eigenvalue weighted by atomic mass is 16.3. The summed E-state index contributed by atoms with van der Waals surface area (Å²) in [6.07, 6.45) is 4.90. The van der Waals surface area contributed by atoms with Gasteiger partial charge in [0.15, 0.2) is 11.5 Å². The highest BCUT2D eigenvalue weighted by molar-refractivity contribution is 5.77. The minimum absolute atomic E-state index is 0.551. The van der Waals surface area contributed by atoms with Gasteiger partial charge in [-0.3, -0.25) is 0 Å². The molecule has 2 aromatic rings. The lowest BCUT2D eigenvalue weighted by Gasteiger charge is -2.17. The van der Waals surface area contributed by atoms with Crippen molar-refractivity contribution in [2.24, 2.45) is 0 Å². The molecule has 0 aliphatic carbocycles. The van der Waals surface area contributed by atoms with Crippen LogP contribution in [-0.2, 0) is 0 Å². The number of aryl methyl sites for hydroxylation is 1. The molecule has 3 heteroatoms. The van der Waals surface area contributed by atoms with E-state index in [0.29, 0.717) is 6.04 Å². The number of unbranched alkanes of at least 4 members (excludes halogenated alkanes) is 1. The van der Waals surface area contributed by atoms with Gasteiger partial charge in [0.25, 0.3) is 0 Å². The zero-order valence-electron chi connectivity index (χ0n) is 11.5. The third kappa shape index (κ3) is 3.03. The summed E-state index contributed by atoms with van der Waals surface area (Å²) >= 11 is 0. The van der Waals surface area contributed by atoms with Crippen molar-refractivity contribution < 1.29 is 4.42 Å². The Labute approximate surface area is 109 Å². The van der Waals surface area contributed by atoms with Crippen LogP contribution in [0.4, 0.5) is 5.69 Å². The summed E-state index contributed by atoms with van der Waals surface area (Å²) in [6.45, 7) is 6.34. The molecule has 18 heavy (non-hydrogen) atoms. The molecule has 1 N–H and O–H groups in total. The van der Waals surface area contributed by atoms with Gasteiger partial charge in [0, 0.05) is 18.7 Å². The molecule has 2 rings (SSSR count). The van der Waals surface area contributed by atoms with Crippen molar-refractivity contribution in [3.05, 3.63) is 24.1 Å². The molecule has 1 aromatic carbocycles. The quantitative estimate of drug-likeness (QED) is 0.814. The van der Waals surface area contributed by atoms with Crippen molar-refractivity contribution >= 4 is 16.8 Å². The van der Waals surface area contributed by atoms with Crippen LogP contribution in [-0.4, -0.2) is 11.0 Å². The van der Waals surface area contributed by atoms with E-state index in [1.54, 1.807) is 0 Å². The van der Waals surface area contributed by atoms with Crippen molar-refractivity contribution in [3.63, 3.8) is 0 Å². The van der Waals surface area contributed by atoms with Gasteiger partial charge in [0.2, 0.25) is 0 Å². The predicted octanol–water partition coefficient (Wildman–Crippen LogP) is 4.52. The van der Waals surface area contributed by atoms with E-state index in [4.69, 9.17) is 4.42 Å². The SMILES string of the molecule is CCCCC(CC)Nc1ccc2oc(C)nc2c1. The molecule has 0 saturated heterocycles. The minimum atomic E-state index is 0.551. The van der Waals surface area contributed by atoms with Gasteiger partial charge in [-0.1, -0.05) is 26.7 Å².